The van der Waals surface area contributed by atoms with Crippen molar-refractivity contribution in [2.75, 3.05) is 0 Å². The summed E-state index contributed by atoms with van der Waals surface area (Å²) in [6.45, 7) is 0. The third-order valence-corrected chi connectivity index (χ3v) is 7.72. The number of fused-ring (bicyclic) bond motifs is 1. The first-order chi connectivity index (χ1) is 16.5. The maximum absolute atomic E-state index is 14.5. The smallest absolute Gasteiger partial charge is 0.324 e. The molecule has 0 saturated heterocycles. The number of imidazole rings is 1. The highest BCUT2D eigenvalue weighted by molar-refractivity contribution is 5.84. The third kappa shape index (κ3) is 4.85. The summed E-state index contributed by atoms with van der Waals surface area (Å²) in [6, 6.07) is 2.31. The normalized spacial score (nSPS) is 23.4. The highest BCUT2D eigenvalue weighted by Crippen LogP contribution is 2.54. The zero-order valence-electron chi connectivity index (χ0n) is 19.2. The molecule has 1 amide bonds. The Bertz CT molecular complexity index is 1160. The van der Waals surface area contributed by atoms with E-state index in [4.69, 9.17) is 5.73 Å². The Morgan fingerprint density at radius 3 is 2.54 bits per heavy atom. The molecule has 0 spiro atoms. The van der Waals surface area contributed by atoms with Gasteiger partial charge < -0.3 is 11.1 Å². The highest BCUT2D eigenvalue weighted by atomic mass is 19.3. The minimum Gasteiger partial charge on any atom is -0.342 e. The number of carbonyl (C=O) groups is 1. The van der Waals surface area contributed by atoms with E-state index in [1.54, 1.807) is 12.3 Å². The average molecular weight is 493 g/mol. The molecule has 0 radical (unpaired) electrons. The van der Waals surface area contributed by atoms with Crippen molar-refractivity contribution in [3.05, 3.63) is 29.7 Å². The van der Waals surface area contributed by atoms with Gasteiger partial charge in [0, 0.05) is 19.3 Å². The zero-order valence-corrected chi connectivity index (χ0v) is 19.2. The predicted molar refractivity (Wildman–Crippen MR) is 117 cm³/mol. The molecule has 0 aromatic carbocycles. The number of amides is 1. The van der Waals surface area contributed by atoms with E-state index in [1.165, 1.54) is 10.7 Å². The molecule has 3 fully saturated rings. The minimum absolute atomic E-state index is 0.131. The van der Waals surface area contributed by atoms with Crippen molar-refractivity contribution in [2.45, 2.75) is 81.7 Å². The van der Waals surface area contributed by atoms with Crippen LogP contribution < -0.4 is 11.1 Å². The topological polar surface area (TPSA) is 109 Å². The molecule has 3 saturated carbocycles. The summed E-state index contributed by atoms with van der Waals surface area (Å²) in [5, 5.41) is 16.5. The van der Waals surface area contributed by atoms with E-state index in [0.717, 1.165) is 0 Å². The second kappa shape index (κ2) is 8.43. The molecule has 11 heteroatoms. The number of nitrogens with one attached hydrogen (secondary N) is 1. The van der Waals surface area contributed by atoms with Gasteiger partial charge in [0.2, 0.25) is 5.92 Å². The molecule has 7 nitrogen and oxygen atoms in total. The van der Waals surface area contributed by atoms with Gasteiger partial charge in [0.15, 0.2) is 5.65 Å². The molecule has 3 N–H and O–H groups in total. The molecule has 0 bridgehead atoms. The first-order valence-electron chi connectivity index (χ1n) is 12.1. The van der Waals surface area contributed by atoms with Crippen molar-refractivity contribution < 1.29 is 22.4 Å². The number of nitrogens with zero attached hydrogens (tertiary/aromatic N) is 4. The molecule has 2 aromatic heterocycles. The molecule has 2 atom stereocenters. The van der Waals surface area contributed by atoms with Gasteiger partial charge >= 0.3 is 5.92 Å². The van der Waals surface area contributed by atoms with E-state index in [2.05, 4.69) is 21.5 Å². The number of nitriles is 1. The molecule has 3 aliphatic carbocycles. The average Bonchev–Trinajstić information content (AvgIpc) is 3.74. The fourth-order valence-corrected chi connectivity index (χ4v) is 5.05. The summed E-state index contributed by atoms with van der Waals surface area (Å²) in [5.74, 6) is -7.81. The van der Waals surface area contributed by atoms with Crippen LogP contribution in [0.1, 0.15) is 81.1 Å². The summed E-state index contributed by atoms with van der Waals surface area (Å²) < 4.78 is 57.5. The lowest BCUT2D eigenvalue weighted by molar-refractivity contribution is -0.148. The molecular weight excluding hydrogens is 464 g/mol. The number of aromatic nitrogens is 3. The standard InChI is InChI=1S/C24H28F4N6O/c25-23(26)5-3-15(4-6-23)19(30)17-12-34-18(32-17)9-16(11-31-34)20(22(13-29)7-8-22)33-21(35)24(27,28)10-14-1-2-14/h9,11-12,14-15,19-20H,1-8,10,30H2,(H,33,35)/t19-,20?/m0/s1. The van der Waals surface area contributed by atoms with Gasteiger partial charge in [-0.1, -0.05) is 0 Å². The Morgan fingerprint density at radius 1 is 1.26 bits per heavy atom. The lowest BCUT2D eigenvalue weighted by Crippen LogP contribution is -2.44. The van der Waals surface area contributed by atoms with Crippen molar-refractivity contribution in [3.8, 4) is 6.07 Å². The van der Waals surface area contributed by atoms with Crippen molar-refractivity contribution >= 4 is 11.6 Å². The Kier molecular flexibility index (Phi) is 5.78. The second-order valence-corrected chi connectivity index (χ2v) is 10.5. The van der Waals surface area contributed by atoms with Crippen LogP contribution in [0.3, 0.4) is 0 Å². The Morgan fingerprint density at radius 2 is 1.94 bits per heavy atom. The molecular formula is C24H28F4N6O. The molecule has 0 aliphatic heterocycles. The molecule has 188 valence electrons. The van der Waals surface area contributed by atoms with E-state index in [9.17, 15) is 27.6 Å². The summed E-state index contributed by atoms with van der Waals surface area (Å²) in [4.78, 5) is 17.0. The van der Waals surface area contributed by atoms with Crippen LogP contribution in [0.5, 0.6) is 0 Å². The van der Waals surface area contributed by atoms with Crippen molar-refractivity contribution in [2.24, 2.45) is 23.0 Å². The number of halogens is 4. The van der Waals surface area contributed by atoms with Crippen LogP contribution in [0, 0.1) is 28.6 Å². The van der Waals surface area contributed by atoms with E-state index >= 15 is 0 Å². The molecule has 3 aliphatic rings. The van der Waals surface area contributed by atoms with E-state index in [1.807, 2.05) is 0 Å². The van der Waals surface area contributed by atoms with Crippen LogP contribution in [-0.2, 0) is 4.79 Å². The number of hydrogen-bond donors (Lipinski definition) is 2. The van der Waals surface area contributed by atoms with E-state index in [-0.39, 0.29) is 24.7 Å². The largest absolute Gasteiger partial charge is 0.342 e. The quantitative estimate of drug-likeness (QED) is 0.529. The second-order valence-electron chi connectivity index (χ2n) is 10.5. The van der Waals surface area contributed by atoms with Gasteiger partial charge in [-0.3, -0.25) is 4.79 Å². The number of rotatable bonds is 8. The molecule has 5 rings (SSSR count). The maximum atomic E-state index is 14.5. The molecule has 2 heterocycles. The van der Waals surface area contributed by atoms with Gasteiger partial charge in [-0.2, -0.15) is 19.1 Å². The van der Waals surface area contributed by atoms with Gasteiger partial charge in [0.05, 0.1) is 41.7 Å². The molecule has 2 aromatic rings. The van der Waals surface area contributed by atoms with E-state index in [0.29, 0.717) is 55.4 Å². The summed E-state index contributed by atoms with van der Waals surface area (Å²) in [7, 11) is 0. The lowest BCUT2D eigenvalue weighted by Gasteiger charge is -2.31. The van der Waals surface area contributed by atoms with Crippen molar-refractivity contribution in [1.29, 1.82) is 5.26 Å². The minimum atomic E-state index is -3.51. The summed E-state index contributed by atoms with van der Waals surface area (Å²) in [6.07, 6.45) is 5.12. The number of alkyl halides is 4. The van der Waals surface area contributed by atoms with Gasteiger partial charge in [-0.25, -0.2) is 18.3 Å². The van der Waals surface area contributed by atoms with Crippen LogP contribution >= 0.6 is 0 Å². The van der Waals surface area contributed by atoms with Crippen LogP contribution in [-0.4, -0.2) is 32.4 Å². The van der Waals surface area contributed by atoms with Crippen molar-refractivity contribution in [3.63, 3.8) is 0 Å². The molecule has 35 heavy (non-hydrogen) atoms. The number of nitrogens with two attached hydrogens (primary N) is 1. The fraction of sp³-hybridized carbons (Fsp3) is 0.667. The molecule has 1 unspecified atom stereocenters. The zero-order chi connectivity index (χ0) is 25.0. The Balaban J connectivity index is 1.38. The number of hydrogen-bond acceptors (Lipinski definition) is 5. The lowest BCUT2D eigenvalue weighted by atomic mass is 9.81. The Hall–Kier alpha value is -2.74. The predicted octanol–water partition coefficient (Wildman–Crippen LogP) is 4.45. The first-order valence-corrected chi connectivity index (χ1v) is 12.1. The van der Waals surface area contributed by atoms with Gasteiger partial charge in [-0.15, -0.1) is 0 Å². The highest BCUT2D eigenvalue weighted by Gasteiger charge is 2.54. The fourth-order valence-electron chi connectivity index (χ4n) is 5.05. The SMILES string of the molecule is N#CC1(C(NC(=O)C(F)(F)CC2CC2)c2cnn3cc([C@@H](N)C4CCC(F)(F)CC4)nc3c2)CC1. The van der Waals surface area contributed by atoms with Crippen molar-refractivity contribution in [1.82, 2.24) is 19.9 Å². The van der Waals surface area contributed by atoms with Crippen LogP contribution in [0.2, 0.25) is 0 Å². The maximum Gasteiger partial charge on any atom is 0.324 e. The Labute approximate surface area is 200 Å². The summed E-state index contributed by atoms with van der Waals surface area (Å²) >= 11 is 0. The van der Waals surface area contributed by atoms with Crippen LogP contribution in [0.15, 0.2) is 18.5 Å². The summed E-state index contributed by atoms with van der Waals surface area (Å²) in [5.41, 5.74) is 6.68. The monoisotopic (exact) mass is 492 g/mol. The van der Waals surface area contributed by atoms with Crippen LogP contribution in [0.4, 0.5) is 17.6 Å². The van der Waals surface area contributed by atoms with Gasteiger partial charge in [0.25, 0.3) is 5.91 Å². The third-order valence-electron chi connectivity index (χ3n) is 7.72. The number of carbonyl (C=O) groups excluding carboxylic acids is 1. The van der Waals surface area contributed by atoms with E-state index < -0.39 is 41.7 Å². The first kappa shape index (κ1) is 24.0. The van der Waals surface area contributed by atoms with Gasteiger partial charge in [-0.05, 0) is 62.0 Å². The van der Waals surface area contributed by atoms with Crippen LogP contribution in [0.25, 0.3) is 5.65 Å². The van der Waals surface area contributed by atoms with Gasteiger partial charge in [0.1, 0.15) is 0 Å².